The third-order valence-corrected chi connectivity index (χ3v) is 3.84. The van der Waals surface area contributed by atoms with Gasteiger partial charge in [0.1, 0.15) is 0 Å². The van der Waals surface area contributed by atoms with Crippen LogP contribution in [0.2, 0.25) is 10.0 Å². The van der Waals surface area contributed by atoms with Gasteiger partial charge in [-0.05, 0) is 24.1 Å². The average Bonchev–Trinajstić information content (AvgIpc) is 2.23. The molecule has 0 spiro atoms. The van der Waals surface area contributed by atoms with Crippen molar-refractivity contribution < 1.29 is 8.42 Å². The van der Waals surface area contributed by atoms with Gasteiger partial charge in [0.15, 0.2) is 0 Å². The molecule has 1 aromatic rings. The molecule has 0 amide bonds. The Bertz CT molecular complexity index is 469. The highest BCUT2D eigenvalue weighted by atomic mass is 79.9. The Morgan fingerprint density at radius 2 is 1.78 bits per heavy atom. The van der Waals surface area contributed by atoms with E-state index in [-0.39, 0.29) is 5.75 Å². The molecule has 0 aliphatic heterocycles. The van der Waals surface area contributed by atoms with Crippen LogP contribution in [0.1, 0.15) is 5.56 Å². The van der Waals surface area contributed by atoms with E-state index < -0.39 is 9.05 Å². The predicted octanol–water partition coefficient (Wildman–Crippen LogP) is 4.67. The van der Waals surface area contributed by atoms with Gasteiger partial charge in [0, 0.05) is 26.1 Å². The molecule has 0 saturated heterocycles. The van der Waals surface area contributed by atoms with Gasteiger partial charge >= 0.3 is 0 Å². The minimum Gasteiger partial charge on any atom is -0.212 e. The molecule has 7 heteroatoms. The van der Waals surface area contributed by atoms with Gasteiger partial charge in [0.2, 0.25) is 9.05 Å². The van der Waals surface area contributed by atoms with Crippen molar-refractivity contribution in [2.45, 2.75) is 6.42 Å². The maximum atomic E-state index is 9.93. The van der Waals surface area contributed by atoms with Gasteiger partial charge in [0.05, 0.1) is 5.75 Å². The normalized spacial score (nSPS) is 10.4. The molecule has 0 aliphatic carbocycles. The molecule has 102 valence electrons. The summed E-state index contributed by atoms with van der Waals surface area (Å²) in [6, 6.07) is 5.55. The summed E-state index contributed by atoms with van der Waals surface area (Å²) in [5.41, 5.74) is 1.02. The van der Waals surface area contributed by atoms with E-state index in [1.165, 1.54) is 6.08 Å². The lowest BCUT2D eigenvalue weighted by Gasteiger charge is -2.02. The van der Waals surface area contributed by atoms with Crippen LogP contribution in [0.15, 0.2) is 30.9 Å². The SMILES string of the molecule is C=CCS(=O)(=O)Cl.Clc1cccc(Cl)c1CCBr. The average molecular weight is 395 g/mol. The van der Waals surface area contributed by atoms with E-state index in [9.17, 15) is 8.42 Å². The number of halogens is 4. The number of rotatable bonds is 4. The minimum absolute atomic E-state index is 0.158. The molecular formula is C11H12BrCl3O2S. The van der Waals surface area contributed by atoms with Crippen molar-refractivity contribution in [2.75, 3.05) is 11.1 Å². The zero-order chi connectivity index (χ0) is 14.2. The quantitative estimate of drug-likeness (QED) is 0.422. The lowest BCUT2D eigenvalue weighted by Crippen LogP contribution is -1.90. The molecule has 0 aliphatic rings. The molecule has 1 rings (SSSR count). The van der Waals surface area contributed by atoms with Crippen LogP contribution in [0.25, 0.3) is 0 Å². The number of alkyl halides is 1. The largest absolute Gasteiger partial charge is 0.236 e. The van der Waals surface area contributed by atoms with Crippen LogP contribution in [-0.2, 0) is 15.5 Å². The number of hydrogen-bond donors (Lipinski definition) is 0. The molecule has 1 aromatic carbocycles. The molecule has 2 nitrogen and oxygen atoms in total. The maximum absolute atomic E-state index is 9.93. The Balaban J connectivity index is 0.000000360. The monoisotopic (exact) mass is 392 g/mol. The van der Waals surface area contributed by atoms with E-state index in [1.54, 1.807) is 0 Å². The highest BCUT2D eigenvalue weighted by Crippen LogP contribution is 2.24. The van der Waals surface area contributed by atoms with E-state index in [0.717, 1.165) is 27.4 Å². The molecule has 0 saturated carbocycles. The van der Waals surface area contributed by atoms with Crippen molar-refractivity contribution in [1.82, 2.24) is 0 Å². The standard InChI is InChI=1S/C8H7BrCl2.C3H5ClO2S/c9-5-4-6-7(10)2-1-3-8(6)11;1-2-3-7(4,5)6/h1-3H,4-5H2;2H,1,3H2. The highest BCUT2D eigenvalue weighted by molar-refractivity contribution is 9.09. The fourth-order valence-electron chi connectivity index (χ4n) is 1.01. The summed E-state index contributed by atoms with van der Waals surface area (Å²) < 4.78 is 19.9. The van der Waals surface area contributed by atoms with E-state index in [1.807, 2.05) is 18.2 Å². The van der Waals surface area contributed by atoms with Crippen LogP contribution >= 0.6 is 49.8 Å². The Morgan fingerprint density at radius 3 is 2.06 bits per heavy atom. The van der Waals surface area contributed by atoms with E-state index >= 15 is 0 Å². The second-order valence-electron chi connectivity index (χ2n) is 3.13. The highest BCUT2D eigenvalue weighted by Gasteiger charge is 2.02. The lowest BCUT2D eigenvalue weighted by atomic mass is 10.2. The molecule has 0 aromatic heterocycles. The van der Waals surface area contributed by atoms with Crippen LogP contribution in [0.5, 0.6) is 0 Å². The fraction of sp³-hybridized carbons (Fsp3) is 0.273. The van der Waals surface area contributed by atoms with Crippen molar-refractivity contribution in [3.8, 4) is 0 Å². The fourth-order valence-corrected chi connectivity index (χ4v) is 2.54. The van der Waals surface area contributed by atoms with Crippen LogP contribution in [0.4, 0.5) is 0 Å². The molecular weight excluding hydrogens is 382 g/mol. The first kappa shape index (κ1) is 18.3. The van der Waals surface area contributed by atoms with Gasteiger partial charge in [-0.3, -0.25) is 0 Å². The second kappa shape index (κ2) is 9.21. The first-order valence-electron chi connectivity index (χ1n) is 4.84. The summed E-state index contributed by atoms with van der Waals surface area (Å²) in [5, 5.41) is 2.38. The van der Waals surface area contributed by atoms with Gasteiger partial charge in [-0.2, -0.15) is 0 Å². The van der Waals surface area contributed by atoms with Crippen LogP contribution in [0, 0.1) is 0 Å². The maximum Gasteiger partial charge on any atom is 0.236 e. The Morgan fingerprint density at radius 1 is 1.28 bits per heavy atom. The molecule has 0 radical (unpaired) electrons. The third-order valence-electron chi connectivity index (χ3n) is 1.72. The van der Waals surface area contributed by atoms with E-state index in [4.69, 9.17) is 33.9 Å². The second-order valence-corrected chi connectivity index (χ2v) is 7.56. The van der Waals surface area contributed by atoms with Crippen molar-refractivity contribution in [1.29, 1.82) is 0 Å². The molecule has 0 unspecified atom stereocenters. The molecule has 0 bridgehead atoms. The number of hydrogen-bond acceptors (Lipinski definition) is 2. The van der Waals surface area contributed by atoms with Gasteiger partial charge < -0.3 is 0 Å². The molecule has 0 N–H and O–H groups in total. The smallest absolute Gasteiger partial charge is 0.212 e. The predicted molar refractivity (Wildman–Crippen MR) is 83.8 cm³/mol. The molecule has 18 heavy (non-hydrogen) atoms. The summed E-state index contributed by atoms with van der Waals surface area (Å²) in [4.78, 5) is 0. The summed E-state index contributed by atoms with van der Waals surface area (Å²) in [5.74, 6) is -0.158. The van der Waals surface area contributed by atoms with Crippen LogP contribution < -0.4 is 0 Å². The van der Waals surface area contributed by atoms with E-state index in [0.29, 0.717) is 0 Å². The van der Waals surface area contributed by atoms with Gasteiger partial charge in [-0.25, -0.2) is 8.42 Å². The first-order valence-corrected chi connectivity index (χ1v) is 9.19. The van der Waals surface area contributed by atoms with Crippen molar-refractivity contribution in [3.05, 3.63) is 46.5 Å². The molecule has 0 atom stereocenters. The summed E-state index contributed by atoms with van der Waals surface area (Å²) in [7, 11) is 1.41. The van der Waals surface area contributed by atoms with Gasteiger partial charge in [-0.1, -0.05) is 51.3 Å². The Hall–Kier alpha value is 0.260. The molecule has 0 fully saturated rings. The minimum atomic E-state index is -3.32. The van der Waals surface area contributed by atoms with E-state index in [2.05, 4.69) is 22.5 Å². The molecule has 0 heterocycles. The zero-order valence-electron chi connectivity index (χ0n) is 9.37. The van der Waals surface area contributed by atoms with Crippen LogP contribution in [-0.4, -0.2) is 19.5 Å². The summed E-state index contributed by atoms with van der Waals surface area (Å²) >= 11 is 15.1. The lowest BCUT2D eigenvalue weighted by molar-refractivity contribution is 0.612. The number of benzene rings is 1. The Labute approximate surface area is 130 Å². The first-order chi connectivity index (χ1) is 8.31. The van der Waals surface area contributed by atoms with Crippen LogP contribution in [0.3, 0.4) is 0 Å². The van der Waals surface area contributed by atoms with Gasteiger partial charge in [-0.15, -0.1) is 6.58 Å². The summed E-state index contributed by atoms with van der Waals surface area (Å²) in [6.45, 7) is 3.18. The topological polar surface area (TPSA) is 34.1 Å². The summed E-state index contributed by atoms with van der Waals surface area (Å²) in [6.07, 6.45) is 2.11. The van der Waals surface area contributed by atoms with Gasteiger partial charge in [0.25, 0.3) is 0 Å². The third kappa shape index (κ3) is 8.38. The van der Waals surface area contributed by atoms with Crippen molar-refractivity contribution >= 4 is 58.9 Å². The zero-order valence-corrected chi connectivity index (χ0v) is 14.0. The Kier molecular flexibility index (Phi) is 9.34. The van der Waals surface area contributed by atoms with Crippen molar-refractivity contribution in [3.63, 3.8) is 0 Å². The van der Waals surface area contributed by atoms with Crippen molar-refractivity contribution in [2.24, 2.45) is 0 Å².